The normalized spacial score (nSPS) is 23.9. The molecule has 0 N–H and O–H groups in total. The molecule has 1 heterocycles. The van der Waals surface area contributed by atoms with Crippen LogP contribution in [0.3, 0.4) is 0 Å². The predicted molar refractivity (Wildman–Crippen MR) is 53.8 cm³/mol. The van der Waals surface area contributed by atoms with Gasteiger partial charge >= 0.3 is 6.18 Å². The monoisotopic (exact) mass is 259 g/mol. The Morgan fingerprint density at radius 2 is 2.06 bits per heavy atom. The van der Waals surface area contributed by atoms with Crippen LogP contribution in [0.1, 0.15) is 23.7 Å². The zero-order valence-electron chi connectivity index (χ0n) is 9.17. The number of rotatable bonds is 1. The van der Waals surface area contributed by atoms with E-state index in [1.807, 2.05) is 6.07 Å². The molecule has 2 unspecified atom stereocenters. The Balaban J connectivity index is 2.48. The Kier molecular flexibility index (Phi) is 3.26. The smallest absolute Gasteiger partial charge is 0.372 e. The van der Waals surface area contributed by atoms with E-state index in [2.05, 4.69) is 0 Å². The van der Waals surface area contributed by atoms with Gasteiger partial charge in [-0.3, -0.25) is 0 Å². The van der Waals surface area contributed by atoms with Crippen molar-refractivity contribution in [3.8, 4) is 6.07 Å². The first-order chi connectivity index (χ1) is 8.43. The van der Waals surface area contributed by atoms with Crippen LogP contribution in [0.4, 0.5) is 17.6 Å². The maximum atomic E-state index is 12.9. The summed E-state index contributed by atoms with van der Waals surface area (Å²) in [6.07, 6.45) is -5.22. The van der Waals surface area contributed by atoms with Crippen molar-refractivity contribution in [2.75, 3.05) is 6.61 Å². The first-order valence-electron chi connectivity index (χ1n) is 5.31. The van der Waals surface area contributed by atoms with Crippen LogP contribution < -0.4 is 0 Å². The first-order valence-corrected chi connectivity index (χ1v) is 5.31. The third-order valence-corrected chi connectivity index (χ3v) is 2.88. The molecular formula is C12H9F4NO. The van der Waals surface area contributed by atoms with E-state index in [0.29, 0.717) is 12.5 Å². The zero-order chi connectivity index (χ0) is 13.3. The van der Waals surface area contributed by atoms with Gasteiger partial charge in [0.25, 0.3) is 0 Å². The van der Waals surface area contributed by atoms with E-state index in [1.165, 1.54) is 0 Å². The average Bonchev–Trinajstić information content (AvgIpc) is 2.75. The van der Waals surface area contributed by atoms with Crippen molar-refractivity contribution in [1.82, 2.24) is 0 Å². The summed E-state index contributed by atoms with van der Waals surface area (Å²) in [5, 5.41) is 8.86. The van der Waals surface area contributed by atoms with Gasteiger partial charge in [-0.1, -0.05) is 6.07 Å². The topological polar surface area (TPSA) is 33.0 Å². The van der Waals surface area contributed by atoms with Crippen LogP contribution in [-0.2, 0) is 10.9 Å². The molecular weight excluding hydrogens is 250 g/mol. The fraction of sp³-hybridized carbons (Fsp3) is 0.417. The van der Waals surface area contributed by atoms with Gasteiger partial charge in [0.1, 0.15) is 5.82 Å². The van der Waals surface area contributed by atoms with Gasteiger partial charge in [0.15, 0.2) is 0 Å². The van der Waals surface area contributed by atoms with Crippen molar-refractivity contribution >= 4 is 0 Å². The fourth-order valence-corrected chi connectivity index (χ4v) is 2.05. The Morgan fingerprint density at radius 3 is 2.67 bits per heavy atom. The van der Waals surface area contributed by atoms with E-state index >= 15 is 0 Å². The lowest BCUT2D eigenvalue weighted by atomic mass is 9.93. The number of nitriles is 1. The number of benzene rings is 1. The molecule has 0 saturated carbocycles. The Hall–Kier alpha value is -1.61. The van der Waals surface area contributed by atoms with E-state index in [4.69, 9.17) is 10.00 Å². The maximum Gasteiger partial charge on any atom is 0.416 e. The summed E-state index contributed by atoms with van der Waals surface area (Å²) >= 11 is 0. The van der Waals surface area contributed by atoms with Crippen molar-refractivity contribution < 1.29 is 22.3 Å². The summed E-state index contributed by atoms with van der Waals surface area (Å²) < 4.78 is 56.5. The lowest BCUT2D eigenvalue weighted by molar-refractivity contribution is -0.139. The third kappa shape index (κ3) is 2.31. The largest absolute Gasteiger partial charge is 0.416 e. The van der Waals surface area contributed by atoms with Gasteiger partial charge in [-0.05, 0) is 24.1 Å². The lowest BCUT2D eigenvalue weighted by Gasteiger charge is -2.19. The van der Waals surface area contributed by atoms with E-state index in [0.717, 1.165) is 12.1 Å². The fourth-order valence-electron chi connectivity index (χ4n) is 2.05. The second-order valence-electron chi connectivity index (χ2n) is 4.04. The van der Waals surface area contributed by atoms with Crippen LogP contribution in [-0.4, -0.2) is 6.61 Å². The van der Waals surface area contributed by atoms with Crippen LogP contribution in [0, 0.1) is 23.1 Å². The molecule has 1 aromatic rings. The van der Waals surface area contributed by atoms with Gasteiger partial charge < -0.3 is 4.74 Å². The minimum Gasteiger partial charge on any atom is -0.372 e. The molecule has 1 aliphatic heterocycles. The van der Waals surface area contributed by atoms with Gasteiger partial charge in [-0.25, -0.2) is 4.39 Å². The van der Waals surface area contributed by atoms with Crippen LogP contribution in [0.5, 0.6) is 0 Å². The van der Waals surface area contributed by atoms with Crippen molar-refractivity contribution in [3.63, 3.8) is 0 Å². The molecule has 2 atom stereocenters. The second kappa shape index (κ2) is 4.58. The Morgan fingerprint density at radius 1 is 1.33 bits per heavy atom. The SMILES string of the molecule is N#CC1CCOC1c1ccc(F)cc1C(F)(F)F. The zero-order valence-corrected chi connectivity index (χ0v) is 9.17. The number of hydrogen-bond donors (Lipinski definition) is 0. The number of halogens is 4. The average molecular weight is 259 g/mol. The van der Waals surface area contributed by atoms with Crippen LogP contribution in [0.25, 0.3) is 0 Å². The second-order valence-corrected chi connectivity index (χ2v) is 4.04. The molecule has 6 heteroatoms. The number of hydrogen-bond acceptors (Lipinski definition) is 2. The molecule has 1 aliphatic rings. The first kappa shape index (κ1) is 12.8. The third-order valence-electron chi connectivity index (χ3n) is 2.88. The summed E-state index contributed by atoms with van der Waals surface area (Å²) in [6, 6.07) is 4.34. The predicted octanol–water partition coefficient (Wildman–Crippen LogP) is 3.45. The van der Waals surface area contributed by atoms with Gasteiger partial charge in [0.2, 0.25) is 0 Å². The van der Waals surface area contributed by atoms with Crippen molar-refractivity contribution in [2.24, 2.45) is 5.92 Å². The highest BCUT2D eigenvalue weighted by atomic mass is 19.4. The summed E-state index contributed by atoms with van der Waals surface area (Å²) in [4.78, 5) is 0. The summed E-state index contributed by atoms with van der Waals surface area (Å²) in [6.45, 7) is 0.234. The Labute approximate surface area is 101 Å². The summed E-state index contributed by atoms with van der Waals surface area (Å²) in [7, 11) is 0. The van der Waals surface area contributed by atoms with E-state index in [-0.39, 0.29) is 12.2 Å². The molecule has 0 aliphatic carbocycles. The number of ether oxygens (including phenoxy) is 1. The highest BCUT2D eigenvalue weighted by molar-refractivity contribution is 5.34. The quantitative estimate of drug-likeness (QED) is 0.724. The van der Waals surface area contributed by atoms with E-state index < -0.39 is 29.6 Å². The molecule has 0 spiro atoms. The lowest BCUT2D eigenvalue weighted by Crippen LogP contribution is -2.15. The highest BCUT2D eigenvalue weighted by Crippen LogP contribution is 2.41. The molecule has 0 bridgehead atoms. The van der Waals surface area contributed by atoms with Crippen molar-refractivity contribution in [1.29, 1.82) is 5.26 Å². The minimum absolute atomic E-state index is 0.173. The van der Waals surface area contributed by atoms with Gasteiger partial charge in [0.05, 0.1) is 23.7 Å². The maximum absolute atomic E-state index is 12.9. The van der Waals surface area contributed by atoms with Gasteiger partial charge in [-0.2, -0.15) is 18.4 Å². The summed E-state index contributed by atoms with van der Waals surface area (Å²) in [5.41, 5.74) is -1.25. The number of alkyl halides is 3. The summed E-state index contributed by atoms with van der Waals surface area (Å²) in [5.74, 6) is -1.59. The minimum atomic E-state index is -4.66. The van der Waals surface area contributed by atoms with Crippen molar-refractivity contribution in [2.45, 2.75) is 18.7 Å². The molecule has 1 aromatic carbocycles. The van der Waals surface area contributed by atoms with E-state index in [1.54, 1.807) is 0 Å². The molecule has 2 rings (SSSR count). The number of nitrogens with zero attached hydrogens (tertiary/aromatic N) is 1. The van der Waals surface area contributed by atoms with Crippen molar-refractivity contribution in [3.05, 3.63) is 35.1 Å². The molecule has 0 aromatic heterocycles. The molecule has 1 saturated heterocycles. The standard InChI is InChI=1S/C12H9F4NO/c13-8-1-2-9(10(5-8)12(14,15)16)11-7(6-17)3-4-18-11/h1-2,5,7,11H,3-4H2. The molecule has 1 fully saturated rings. The van der Waals surface area contributed by atoms with E-state index in [9.17, 15) is 17.6 Å². The van der Waals surface area contributed by atoms with Gasteiger partial charge in [-0.15, -0.1) is 0 Å². The van der Waals surface area contributed by atoms with Crippen LogP contribution in [0.2, 0.25) is 0 Å². The molecule has 0 amide bonds. The Bertz CT molecular complexity index is 492. The molecule has 2 nitrogen and oxygen atoms in total. The van der Waals surface area contributed by atoms with Crippen LogP contribution in [0.15, 0.2) is 18.2 Å². The molecule has 18 heavy (non-hydrogen) atoms. The molecule has 96 valence electrons. The van der Waals surface area contributed by atoms with Gasteiger partial charge in [0, 0.05) is 6.61 Å². The highest BCUT2D eigenvalue weighted by Gasteiger charge is 2.39. The molecule has 0 radical (unpaired) electrons. The van der Waals surface area contributed by atoms with Crippen LogP contribution >= 0.6 is 0 Å².